The Morgan fingerprint density at radius 2 is 2.25 bits per heavy atom. The number of aromatic nitrogens is 2. The number of piperazine rings is 1. The standard InChI is InChI=1S/C15H20N4O/c1-11-9-16-7-8-18(11)15(20)10-19-12(2)17-13-5-3-4-6-14(13)19/h3-6,11,16H,7-10H2,1-2H3. The third kappa shape index (κ3) is 2.29. The summed E-state index contributed by atoms with van der Waals surface area (Å²) in [4.78, 5) is 19.0. The molecule has 1 atom stereocenters. The molecule has 1 fully saturated rings. The maximum absolute atomic E-state index is 12.5. The molecule has 1 unspecified atom stereocenters. The van der Waals surface area contributed by atoms with Gasteiger partial charge in [0, 0.05) is 25.7 Å². The molecule has 2 aromatic rings. The lowest BCUT2D eigenvalue weighted by molar-refractivity contribution is -0.134. The number of para-hydroxylation sites is 2. The third-order valence-corrected chi connectivity index (χ3v) is 3.96. The number of amides is 1. The first-order chi connectivity index (χ1) is 9.66. The Balaban J connectivity index is 1.85. The fourth-order valence-corrected chi connectivity index (χ4v) is 2.83. The molecule has 1 aliphatic rings. The van der Waals surface area contributed by atoms with Gasteiger partial charge in [-0.25, -0.2) is 4.98 Å². The van der Waals surface area contributed by atoms with Crippen molar-refractivity contribution in [2.45, 2.75) is 26.4 Å². The molecule has 106 valence electrons. The van der Waals surface area contributed by atoms with E-state index in [1.54, 1.807) is 0 Å². The van der Waals surface area contributed by atoms with Crippen molar-refractivity contribution in [3.05, 3.63) is 30.1 Å². The molecule has 0 radical (unpaired) electrons. The summed E-state index contributed by atoms with van der Waals surface area (Å²) in [6.07, 6.45) is 0. The Morgan fingerprint density at radius 3 is 3.05 bits per heavy atom. The fourth-order valence-electron chi connectivity index (χ4n) is 2.83. The first-order valence-electron chi connectivity index (χ1n) is 7.09. The molecule has 20 heavy (non-hydrogen) atoms. The summed E-state index contributed by atoms with van der Waals surface area (Å²) < 4.78 is 2.01. The van der Waals surface area contributed by atoms with Crippen molar-refractivity contribution in [1.29, 1.82) is 0 Å². The number of imidazole rings is 1. The van der Waals surface area contributed by atoms with Gasteiger partial charge >= 0.3 is 0 Å². The van der Waals surface area contributed by atoms with E-state index >= 15 is 0 Å². The van der Waals surface area contributed by atoms with Crippen LogP contribution in [0.2, 0.25) is 0 Å². The summed E-state index contributed by atoms with van der Waals surface area (Å²) in [6.45, 7) is 6.94. The number of nitrogens with zero attached hydrogens (tertiary/aromatic N) is 3. The van der Waals surface area contributed by atoms with Crippen LogP contribution < -0.4 is 5.32 Å². The number of fused-ring (bicyclic) bond motifs is 1. The van der Waals surface area contributed by atoms with Crippen LogP contribution in [0, 0.1) is 6.92 Å². The van der Waals surface area contributed by atoms with E-state index in [9.17, 15) is 4.79 Å². The Hall–Kier alpha value is -1.88. The second-order valence-electron chi connectivity index (χ2n) is 5.37. The van der Waals surface area contributed by atoms with E-state index in [0.717, 1.165) is 36.5 Å². The van der Waals surface area contributed by atoms with Crippen molar-refractivity contribution < 1.29 is 4.79 Å². The first-order valence-corrected chi connectivity index (χ1v) is 7.09. The highest BCUT2D eigenvalue weighted by Crippen LogP contribution is 2.16. The average molecular weight is 272 g/mol. The summed E-state index contributed by atoms with van der Waals surface area (Å²) in [5.74, 6) is 1.06. The molecule has 2 heterocycles. The van der Waals surface area contributed by atoms with Gasteiger partial charge in [0.05, 0.1) is 11.0 Å². The summed E-state index contributed by atoms with van der Waals surface area (Å²) in [5, 5.41) is 3.31. The van der Waals surface area contributed by atoms with E-state index in [4.69, 9.17) is 0 Å². The summed E-state index contributed by atoms with van der Waals surface area (Å²) in [6, 6.07) is 8.21. The molecule has 5 heteroatoms. The molecule has 1 saturated heterocycles. The summed E-state index contributed by atoms with van der Waals surface area (Å²) in [5.41, 5.74) is 1.98. The lowest BCUT2D eigenvalue weighted by Gasteiger charge is -2.34. The van der Waals surface area contributed by atoms with Gasteiger partial charge in [0.1, 0.15) is 12.4 Å². The fraction of sp³-hybridized carbons (Fsp3) is 0.467. The van der Waals surface area contributed by atoms with Crippen molar-refractivity contribution in [1.82, 2.24) is 19.8 Å². The number of nitrogens with one attached hydrogen (secondary N) is 1. The van der Waals surface area contributed by atoms with Crippen LogP contribution in [0.1, 0.15) is 12.7 Å². The molecule has 1 aliphatic heterocycles. The molecule has 0 aliphatic carbocycles. The van der Waals surface area contributed by atoms with Crippen LogP contribution in [0.25, 0.3) is 11.0 Å². The maximum Gasteiger partial charge on any atom is 0.242 e. The molecule has 0 saturated carbocycles. The number of hydrogen-bond donors (Lipinski definition) is 1. The molecule has 1 aromatic heterocycles. The van der Waals surface area contributed by atoms with Crippen LogP contribution in [-0.4, -0.2) is 46.0 Å². The zero-order valence-corrected chi connectivity index (χ0v) is 12.0. The summed E-state index contributed by atoms with van der Waals surface area (Å²) >= 11 is 0. The lowest BCUT2D eigenvalue weighted by Crippen LogP contribution is -2.53. The van der Waals surface area contributed by atoms with E-state index in [1.165, 1.54) is 0 Å². The van der Waals surface area contributed by atoms with E-state index in [1.807, 2.05) is 40.7 Å². The molecular formula is C15H20N4O. The van der Waals surface area contributed by atoms with Crippen LogP contribution in [0.15, 0.2) is 24.3 Å². The number of rotatable bonds is 2. The van der Waals surface area contributed by atoms with Crippen LogP contribution in [-0.2, 0) is 11.3 Å². The lowest BCUT2D eigenvalue weighted by atomic mass is 10.2. The van der Waals surface area contributed by atoms with Gasteiger partial charge in [-0.05, 0) is 26.0 Å². The highest BCUT2D eigenvalue weighted by atomic mass is 16.2. The number of carbonyl (C=O) groups excluding carboxylic acids is 1. The average Bonchev–Trinajstić information content (AvgIpc) is 2.76. The van der Waals surface area contributed by atoms with Gasteiger partial charge < -0.3 is 14.8 Å². The molecular weight excluding hydrogens is 252 g/mol. The predicted octanol–water partition coefficient (Wildman–Crippen LogP) is 1.17. The zero-order chi connectivity index (χ0) is 14.1. The van der Waals surface area contributed by atoms with Gasteiger partial charge in [0.25, 0.3) is 0 Å². The molecule has 1 amide bonds. The molecule has 1 N–H and O–H groups in total. The molecule has 5 nitrogen and oxygen atoms in total. The number of aryl methyl sites for hydroxylation is 1. The van der Waals surface area contributed by atoms with Crippen molar-refractivity contribution in [2.24, 2.45) is 0 Å². The Labute approximate surface area is 118 Å². The molecule has 0 spiro atoms. The Morgan fingerprint density at radius 1 is 1.45 bits per heavy atom. The highest BCUT2D eigenvalue weighted by molar-refractivity contribution is 5.81. The number of hydrogen-bond acceptors (Lipinski definition) is 3. The third-order valence-electron chi connectivity index (χ3n) is 3.96. The normalized spacial score (nSPS) is 19.5. The van der Waals surface area contributed by atoms with Gasteiger partial charge in [0.2, 0.25) is 5.91 Å². The van der Waals surface area contributed by atoms with E-state index in [-0.39, 0.29) is 11.9 Å². The van der Waals surface area contributed by atoms with Gasteiger partial charge in [-0.15, -0.1) is 0 Å². The second-order valence-corrected chi connectivity index (χ2v) is 5.37. The molecule has 0 bridgehead atoms. The monoisotopic (exact) mass is 272 g/mol. The van der Waals surface area contributed by atoms with Crippen LogP contribution in [0.5, 0.6) is 0 Å². The second kappa shape index (κ2) is 5.25. The van der Waals surface area contributed by atoms with Gasteiger partial charge in [0.15, 0.2) is 0 Å². The largest absolute Gasteiger partial charge is 0.336 e. The van der Waals surface area contributed by atoms with Gasteiger partial charge in [-0.2, -0.15) is 0 Å². The minimum atomic E-state index is 0.172. The minimum Gasteiger partial charge on any atom is -0.336 e. The predicted molar refractivity (Wildman–Crippen MR) is 78.5 cm³/mol. The zero-order valence-electron chi connectivity index (χ0n) is 12.0. The van der Waals surface area contributed by atoms with Crippen molar-refractivity contribution in [3.8, 4) is 0 Å². The Bertz CT molecular complexity index is 634. The molecule has 3 rings (SSSR count). The van der Waals surface area contributed by atoms with Crippen LogP contribution in [0.3, 0.4) is 0 Å². The van der Waals surface area contributed by atoms with E-state index in [2.05, 4.69) is 17.2 Å². The highest BCUT2D eigenvalue weighted by Gasteiger charge is 2.23. The number of carbonyl (C=O) groups is 1. The van der Waals surface area contributed by atoms with Gasteiger partial charge in [-0.1, -0.05) is 12.1 Å². The van der Waals surface area contributed by atoms with Gasteiger partial charge in [-0.3, -0.25) is 4.79 Å². The Kier molecular flexibility index (Phi) is 3.44. The maximum atomic E-state index is 12.5. The van der Waals surface area contributed by atoms with Crippen molar-refractivity contribution >= 4 is 16.9 Å². The summed E-state index contributed by atoms with van der Waals surface area (Å²) in [7, 11) is 0. The minimum absolute atomic E-state index is 0.172. The van der Waals surface area contributed by atoms with Crippen LogP contribution >= 0.6 is 0 Å². The number of benzene rings is 1. The molecule has 1 aromatic carbocycles. The van der Waals surface area contributed by atoms with Crippen molar-refractivity contribution in [2.75, 3.05) is 19.6 Å². The van der Waals surface area contributed by atoms with Crippen LogP contribution in [0.4, 0.5) is 0 Å². The van der Waals surface area contributed by atoms with Crippen molar-refractivity contribution in [3.63, 3.8) is 0 Å². The van der Waals surface area contributed by atoms with E-state index in [0.29, 0.717) is 6.54 Å². The SMILES string of the molecule is Cc1nc2ccccc2n1CC(=O)N1CCNCC1C. The first kappa shape index (κ1) is 13.1. The smallest absolute Gasteiger partial charge is 0.242 e. The van der Waals surface area contributed by atoms with E-state index < -0.39 is 0 Å². The topological polar surface area (TPSA) is 50.2 Å². The quantitative estimate of drug-likeness (QED) is 0.892.